The van der Waals surface area contributed by atoms with Crippen molar-refractivity contribution in [1.82, 2.24) is 9.88 Å². The van der Waals surface area contributed by atoms with Crippen molar-refractivity contribution in [2.75, 3.05) is 31.6 Å². The number of nitrogens with zero attached hydrogens (tertiary/aromatic N) is 4. The van der Waals surface area contributed by atoms with E-state index in [1.165, 1.54) is 7.11 Å². The van der Waals surface area contributed by atoms with Crippen LogP contribution in [0.4, 0.5) is 10.5 Å². The molecule has 182 valence electrons. The summed E-state index contributed by atoms with van der Waals surface area (Å²) in [6.07, 6.45) is 16.0. The normalized spacial score (nSPS) is 28.1. The van der Waals surface area contributed by atoms with Crippen LogP contribution in [-0.4, -0.2) is 55.1 Å². The van der Waals surface area contributed by atoms with E-state index >= 15 is 0 Å². The minimum Gasteiger partial charge on any atom is -0.452 e. The predicted molar refractivity (Wildman–Crippen MR) is 139 cm³/mol. The fourth-order valence-electron chi connectivity index (χ4n) is 5.05. The van der Waals surface area contributed by atoms with Gasteiger partial charge in [0.25, 0.3) is 0 Å². The first kappa shape index (κ1) is 25.6. The monoisotopic (exact) mass is 462 g/mol. The van der Waals surface area contributed by atoms with Crippen molar-refractivity contribution in [1.29, 1.82) is 0 Å². The Morgan fingerprint density at radius 1 is 1.41 bits per heavy atom. The number of methoxy groups -OCH3 is 1. The van der Waals surface area contributed by atoms with Gasteiger partial charge in [0, 0.05) is 31.4 Å². The second-order valence-electron chi connectivity index (χ2n) is 9.84. The molecule has 3 rings (SSSR count). The van der Waals surface area contributed by atoms with Crippen LogP contribution < -0.4 is 4.90 Å². The number of carbonyl (C=O) groups excluding carboxylic acids is 1. The number of rotatable bonds is 5. The number of allylic oxidation sites excluding steroid dienone is 2. The van der Waals surface area contributed by atoms with Crippen molar-refractivity contribution in [2.45, 2.75) is 59.4 Å². The Bertz CT molecular complexity index is 1000. The van der Waals surface area contributed by atoms with Crippen LogP contribution >= 0.6 is 0 Å². The molecule has 6 nitrogen and oxygen atoms in total. The third kappa shape index (κ3) is 6.96. The number of pyridine rings is 1. The van der Waals surface area contributed by atoms with E-state index in [1.807, 2.05) is 26.3 Å². The smallest absolute Gasteiger partial charge is 0.414 e. The number of hydrogen-bond donors (Lipinski definition) is 0. The van der Waals surface area contributed by atoms with Gasteiger partial charge in [0.05, 0.1) is 31.4 Å². The summed E-state index contributed by atoms with van der Waals surface area (Å²) >= 11 is 0. The van der Waals surface area contributed by atoms with Crippen molar-refractivity contribution < 1.29 is 9.53 Å². The number of ether oxygens (including phenoxy) is 1. The minimum atomic E-state index is -0.327. The molecule has 3 atom stereocenters. The van der Waals surface area contributed by atoms with E-state index in [1.54, 1.807) is 17.3 Å². The minimum absolute atomic E-state index is 0.117. The van der Waals surface area contributed by atoms with Gasteiger partial charge in [-0.3, -0.25) is 14.9 Å². The fourth-order valence-corrected chi connectivity index (χ4v) is 5.05. The Morgan fingerprint density at radius 2 is 2.24 bits per heavy atom. The second kappa shape index (κ2) is 11.9. The fraction of sp³-hybridized carbons (Fsp3) is 0.536. The van der Waals surface area contributed by atoms with Crippen LogP contribution in [0.25, 0.3) is 0 Å². The lowest BCUT2D eigenvalue weighted by Gasteiger charge is -2.42. The molecule has 1 aromatic rings. The number of aliphatic imine (C=N–C) groups is 1. The topological polar surface area (TPSA) is 58.0 Å². The van der Waals surface area contributed by atoms with Gasteiger partial charge in [0.15, 0.2) is 0 Å². The average molecular weight is 463 g/mol. The van der Waals surface area contributed by atoms with Crippen molar-refractivity contribution in [3.8, 4) is 11.8 Å². The Hall–Kier alpha value is -3.07. The van der Waals surface area contributed by atoms with Crippen molar-refractivity contribution >= 4 is 18.1 Å². The highest BCUT2D eigenvalue weighted by Gasteiger charge is 2.35. The van der Waals surface area contributed by atoms with Gasteiger partial charge in [-0.25, -0.2) is 4.79 Å². The quantitative estimate of drug-likeness (QED) is 0.550. The van der Waals surface area contributed by atoms with Crippen LogP contribution in [-0.2, 0) is 4.74 Å². The summed E-state index contributed by atoms with van der Waals surface area (Å²) in [6, 6.07) is 2.05. The number of anilines is 1. The van der Waals surface area contributed by atoms with E-state index in [4.69, 9.17) is 9.73 Å². The molecule has 0 N–H and O–H groups in total. The zero-order valence-electron chi connectivity index (χ0n) is 21.3. The molecular formula is C28H38N4O2. The maximum atomic E-state index is 12.7. The molecular weight excluding hydrogens is 424 g/mol. The molecule has 1 fully saturated rings. The molecule has 2 heterocycles. The summed E-state index contributed by atoms with van der Waals surface area (Å²) in [7, 11) is 1.44. The highest BCUT2D eigenvalue weighted by Crippen LogP contribution is 2.40. The molecule has 1 amide bonds. The third-order valence-electron chi connectivity index (χ3n) is 6.73. The first-order valence-electron chi connectivity index (χ1n) is 12.2. The third-order valence-corrected chi connectivity index (χ3v) is 6.73. The zero-order valence-corrected chi connectivity index (χ0v) is 21.3. The van der Waals surface area contributed by atoms with E-state index < -0.39 is 0 Å². The van der Waals surface area contributed by atoms with Gasteiger partial charge in [-0.15, -0.1) is 5.92 Å². The predicted octanol–water partition coefficient (Wildman–Crippen LogP) is 5.40. The summed E-state index contributed by atoms with van der Waals surface area (Å²) in [6.45, 7) is 10.7. The maximum Gasteiger partial charge on any atom is 0.414 e. The average Bonchev–Trinajstić information content (AvgIpc) is 2.89. The van der Waals surface area contributed by atoms with Gasteiger partial charge < -0.3 is 9.64 Å². The first-order valence-corrected chi connectivity index (χ1v) is 12.2. The van der Waals surface area contributed by atoms with Crippen molar-refractivity contribution in [3.05, 3.63) is 47.8 Å². The Labute approximate surface area is 204 Å². The molecule has 2 aliphatic rings. The number of amides is 1. The van der Waals surface area contributed by atoms with E-state index in [0.717, 1.165) is 55.6 Å². The molecule has 1 saturated carbocycles. The molecule has 34 heavy (non-hydrogen) atoms. The van der Waals surface area contributed by atoms with Gasteiger partial charge in [-0.1, -0.05) is 25.3 Å². The van der Waals surface area contributed by atoms with Crippen molar-refractivity contribution in [3.63, 3.8) is 0 Å². The molecule has 0 aromatic carbocycles. The van der Waals surface area contributed by atoms with Gasteiger partial charge in [0.2, 0.25) is 0 Å². The van der Waals surface area contributed by atoms with Crippen LogP contribution in [0.2, 0.25) is 0 Å². The summed E-state index contributed by atoms with van der Waals surface area (Å²) < 4.78 is 5.12. The lowest BCUT2D eigenvalue weighted by atomic mass is 9.70. The first-order chi connectivity index (χ1) is 16.3. The summed E-state index contributed by atoms with van der Waals surface area (Å²) in [5, 5.41) is 0. The van der Waals surface area contributed by atoms with E-state index in [9.17, 15) is 4.79 Å². The highest BCUT2D eigenvalue weighted by atomic mass is 16.5. The number of hydrogen-bond acceptors (Lipinski definition) is 5. The summed E-state index contributed by atoms with van der Waals surface area (Å²) in [5.41, 5.74) is 3.02. The SMILES string of the molecule is CC#CC1=C/CN(CC2(C)CCCC(CN(C(=O)OC)c3cnccc3C)C2)/C=N\C(C)/C=C\1. The molecule has 0 radical (unpaired) electrons. The van der Waals surface area contributed by atoms with Crippen molar-refractivity contribution in [2.24, 2.45) is 16.3 Å². The molecule has 1 aliphatic carbocycles. The van der Waals surface area contributed by atoms with Crippen LogP contribution in [0.3, 0.4) is 0 Å². The van der Waals surface area contributed by atoms with Crippen LogP contribution in [0.1, 0.15) is 52.0 Å². The molecule has 0 bridgehead atoms. The van der Waals surface area contributed by atoms with Gasteiger partial charge in [-0.2, -0.15) is 0 Å². The van der Waals surface area contributed by atoms with E-state index in [0.29, 0.717) is 12.5 Å². The standard InChI is InChI=1S/C28H38N4O2/c1-6-8-24-11-10-23(3)30-21-31(16-13-24)20-28(4)14-7-9-25(17-28)19-32(27(33)34-5)26-18-29-15-12-22(26)2/h10-13,15,18,21,23,25H,7,9,14,16-17,19-20H2,1-5H3/b11-10-,24-13-,30-21-. The van der Waals surface area contributed by atoms with Gasteiger partial charge in [-0.05, 0) is 75.1 Å². The van der Waals surface area contributed by atoms with Gasteiger partial charge in [0.1, 0.15) is 0 Å². The molecule has 0 saturated heterocycles. The highest BCUT2D eigenvalue weighted by molar-refractivity contribution is 5.88. The Balaban J connectivity index is 1.74. The molecule has 1 aliphatic heterocycles. The molecule has 0 spiro atoms. The number of aromatic nitrogens is 1. The number of carbonyl (C=O) groups is 1. The molecule has 1 aromatic heterocycles. The Kier molecular flexibility index (Phi) is 8.92. The van der Waals surface area contributed by atoms with Crippen LogP contribution in [0, 0.1) is 30.1 Å². The largest absolute Gasteiger partial charge is 0.452 e. The molecule has 3 unspecified atom stereocenters. The van der Waals surface area contributed by atoms with E-state index in [-0.39, 0.29) is 17.6 Å². The lowest BCUT2D eigenvalue weighted by Crippen LogP contribution is -2.43. The molecule has 6 heteroatoms. The zero-order chi connectivity index (χ0) is 24.6. The van der Waals surface area contributed by atoms with Gasteiger partial charge >= 0.3 is 6.09 Å². The number of aryl methyl sites for hydroxylation is 1. The lowest BCUT2D eigenvalue weighted by molar-refractivity contribution is 0.127. The second-order valence-corrected chi connectivity index (χ2v) is 9.84. The van der Waals surface area contributed by atoms with Crippen LogP contribution in [0.5, 0.6) is 0 Å². The Morgan fingerprint density at radius 3 is 2.97 bits per heavy atom. The maximum absolute atomic E-state index is 12.7. The van der Waals surface area contributed by atoms with E-state index in [2.05, 4.69) is 53.8 Å². The van der Waals surface area contributed by atoms with Crippen LogP contribution in [0.15, 0.2) is 47.3 Å². The summed E-state index contributed by atoms with van der Waals surface area (Å²) in [5.74, 6) is 6.58. The summed E-state index contributed by atoms with van der Waals surface area (Å²) in [4.78, 5) is 25.7.